The van der Waals surface area contributed by atoms with Crippen molar-refractivity contribution in [2.24, 2.45) is 0 Å². The summed E-state index contributed by atoms with van der Waals surface area (Å²) in [7, 11) is 3.80. The van der Waals surface area contributed by atoms with Crippen LogP contribution >= 0.6 is 0 Å². The summed E-state index contributed by atoms with van der Waals surface area (Å²) in [6.45, 7) is 10.7. The monoisotopic (exact) mass is 480 g/mol. The summed E-state index contributed by atoms with van der Waals surface area (Å²) in [5, 5.41) is 20.0. The van der Waals surface area contributed by atoms with Crippen molar-refractivity contribution < 1.29 is 9.47 Å². The summed E-state index contributed by atoms with van der Waals surface area (Å²) in [6, 6.07) is 6.35. The molecule has 2 atom stereocenters. The van der Waals surface area contributed by atoms with Crippen molar-refractivity contribution in [1.29, 1.82) is 10.8 Å². The number of imidazole rings is 1. The van der Waals surface area contributed by atoms with E-state index in [2.05, 4.69) is 40.9 Å². The van der Waals surface area contributed by atoms with E-state index < -0.39 is 0 Å². The Labute approximate surface area is 205 Å². The zero-order valence-corrected chi connectivity index (χ0v) is 21.4. The molecule has 1 aromatic carbocycles. The van der Waals surface area contributed by atoms with Crippen LogP contribution < -0.4 is 10.8 Å². The Bertz CT molecular complexity index is 1280. The molecule has 2 aromatic heterocycles. The van der Waals surface area contributed by atoms with Gasteiger partial charge in [0.25, 0.3) is 0 Å². The molecular weight excluding hydrogens is 444 g/mol. The Morgan fingerprint density at radius 1 is 1.29 bits per heavy atom. The highest BCUT2D eigenvalue weighted by Crippen LogP contribution is 2.31. The molecule has 0 aliphatic carbocycles. The lowest BCUT2D eigenvalue weighted by molar-refractivity contribution is -0.0208. The highest BCUT2D eigenvalue weighted by Gasteiger charge is 2.24. The second-order valence-electron chi connectivity index (χ2n) is 9.56. The lowest BCUT2D eigenvalue weighted by Gasteiger charge is -2.30. The number of fused-ring (bicyclic) bond motifs is 1. The van der Waals surface area contributed by atoms with Crippen LogP contribution in [0.4, 0.5) is 5.82 Å². The molecule has 1 aliphatic heterocycles. The minimum absolute atomic E-state index is 0.00738. The van der Waals surface area contributed by atoms with Crippen LogP contribution in [0.5, 0.6) is 0 Å². The fourth-order valence-corrected chi connectivity index (χ4v) is 4.48. The van der Waals surface area contributed by atoms with Crippen molar-refractivity contribution in [3.05, 3.63) is 35.4 Å². The average molecular weight is 481 g/mol. The van der Waals surface area contributed by atoms with Gasteiger partial charge in [0.1, 0.15) is 11.5 Å². The quantitative estimate of drug-likeness (QED) is 0.353. The number of benzene rings is 1. The molecule has 0 bridgehead atoms. The topological polar surface area (TPSA) is 117 Å². The van der Waals surface area contributed by atoms with E-state index in [4.69, 9.17) is 30.3 Å². The van der Waals surface area contributed by atoms with Gasteiger partial charge in [-0.3, -0.25) is 15.4 Å². The fraction of sp³-hybridized carbons (Fsp3) is 0.520. The van der Waals surface area contributed by atoms with Crippen LogP contribution in [0.15, 0.2) is 24.4 Å². The van der Waals surface area contributed by atoms with Crippen molar-refractivity contribution in [3.63, 3.8) is 0 Å². The standard InChI is InChI=1S/C25H36N8O2/c1-15(2)28-24-23(27)32(17(4)26)12-20(29-24)25-30-19-8-7-18(22-13-31(5)9-10-35-22)11-21(19)33(25)16(3)14-34-6/h7-8,11-12,15-16,22,26-27H,9-10,13-14H2,1-6H3,(H,28,29)/t16-,22?/m0/s1. The second-order valence-corrected chi connectivity index (χ2v) is 9.56. The van der Waals surface area contributed by atoms with Crippen LogP contribution in [-0.2, 0) is 9.47 Å². The molecule has 10 heteroatoms. The molecule has 0 spiro atoms. The van der Waals surface area contributed by atoms with E-state index in [9.17, 15) is 0 Å². The summed E-state index contributed by atoms with van der Waals surface area (Å²) >= 11 is 0. The third-order valence-corrected chi connectivity index (χ3v) is 6.17. The summed E-state index contributed by atoms with van der Waals surface area (Å²) < 4.78 is 15.2. The van der Waals surface area contributed by atoms with Gasteiger partial charge < -0.3 is 24.3 Å². The number of methoxy groups -OCH3 is 1. The van der Waals surface area contributed by atoms with E-state index >= 15 is 0 Å². The zero-order valence-electron chi connectivity index (χ0n) is 21.4. The number of hydrogen-bond acceptors (Lipinski definition) is 8. The first-order valence-electron chi connectivity index (χ1n) is 12.0. The van der Waals surface area contributed by atoms with E-state index in [1.807, 2.05) is 19.9 Å². The fourth-order valence-electron chi connectivity index (χ4n) is 4.48. The highest BCUT2D eigenvalue weighted by molar-refractivity contribution is 5.83. The number of hydrogen-bond donors (Lipinski definition) is 3. The maximum Gasteiger partial charge on any atom is 0.173 e. The van der Waals surface area contributed by atoms with Gasteiger partial charge in [-0.2, -0.15) is 0 Å². The van der Waals surface area contributed by atoms with Crippen LogP contribution in [-0.4, -0.2) is 76.3 Å². The van der Waals surface area contributed by atoms with E-state index in [0.717, 1.165) is 29.7 Å². The predicted octanol–water partition coefficient (Wildman–Crippen LogP) is 3.26. The minimum atomic E-state index is -0.0151. The SMILES string of the molecule is COC[C@H](C)n1c(-c2cn(C(C)=N)c(=N)c(NC(C)C)n2)nc2ccc(C3CN(C)CCO3)cc21. The number of ether oxygens (including phenoxy) is 2. The third kappa shape index (κ3) is 5.14. The largest absolute Gasteiger partial charge is 0.383 e. The van der Waals surface area contributed by atoms with E-state index in [1.165, 1.54) is 4.57 Å². The van der Waals surface area contributed by atoms with Crippen LogP contribution in [0.25, 0.3) is 22.6 Å². The number of rotatable bonds is 7. The van der Waals surface area contributed by atoms with Gasteiger partial charge in [-0.25, -0.2) is 9.97 Å². The number of nitrogens with zero attached hydrogens (tertiary/aromatic N) is 5. The van der Waals surface area contributed by atoms with Crippen LogP contribution in [0.2, 0.25) is 0 Å². The summed E-state index contributed by atoms with van der Waals surface area (Å²) in [5.41, 5.74) is 3.67. The molecule has 3 aromatic rings. The van der Waals surface area contributed by atoms with Gasteiger partial charge in [0.15, 0.2) is 17.1 Å². The predicted molar refractivity (Wildman–Crippen MR) is 137 cm³/mol. The minimum Gasteiger partial charge on any atom is -0.383 e. The normalized spacial score (nSPS) is 17.7. The first kappa shape index (κ1) is 25.0. The number of morpholine rings is 1. The van der Waals surface area contributed by atoms with E-state index in [-0.39, 0.29) is 29.5 Å². The second kappa shape index (κ2) is 10.3. The van der Waals surface area contributed by atoms with Crippen LogP contribution in [0.1, 0.15) is 45.4 Å². The van der Waals surface area contributed by atoms with Gasteiger partial charge in [0.05, 0.1) is 36.4 Å². The van der Waals surface area contributed by atoms with Gasteiger partial charge in [0, 0.05) is 32.4 Å². The molecule has 0 saturated carbocycles. The number of aromatic nitrogens is 4. The molecule has 188 valence electrons. The third-order valence-electron chi connectivity index (χ3n) is 6.17. The molecule has 1 aliphatic rings. The zero-order chi connectivity index (χ0) is 25.3. The van der Waals surface area contributed by atoms with Gasteiger partial charge in [-0.1, -0.05) is 6.07 Å². The van der Waals surface area contributed by atoms with Gasteiger partial charge >= 0.3 is 0 Å². The summed E-state index contributed by atoms with van der Waals surface area (Å²) in [4.78, 5) is 12.0. The lowest BCUT2D eigenvalue weighted by Crippen LogP contribution is -2.35. The van der Waals surface area contributed by atoms with Crippen molar-refractivity contribution in [1.82, 2.24) is 24.0 Å². The molecule has 10 nitrogen and oxygen atoms in total. The Morgan fingerprint density at radius 2 is 2.06 bits per heavy atom. The number of anilines is 1. The molecule has 1 saturated heterocycles. The maximum absolute atomic E-state index is 8.53. The molecule has 3 heterocycles. The Morgan fingerprint density at radius 3 is 2.71 bits per heavy atom. The maximum atomic E-state index is 8.53. The van der Waals surface area contributed by atoms with E-state index in [0.29, 0.717) is 30.5 Å². The molecular formula is C25H36N8O2. The number of nitrogens with one attached hydrogen (secondary N) is 3. The van der Waals surface area contributed by atoms with Crippen molar-refractivity contribution in [3.8, 4) is 11.5 Å². The van der Waals surface area contributed by atoms with Crippen LogP contribution in [0, 0.1) is 10.8 Å². The molecule has 1 unspecified atom stereocenters. The van der Waals surface area contributed by atoms with Gasteiger partial charge in [-0.15, -0.1) is 0 Å². The Kier molecular flexibility index (Phi) is 7.34. The molecule has 4 rings (SSSR count). The number of likely N-dealkylation sites (N-methyl/N-ethyl adjacent to an activating group) is 1. The molecule has 1 fully saturated rings. The molecule has 0 radical (unpaired) electrons. The average Bonchev–Trinajstić information content (AvgIpc) is 3.19. The Balaban J connectivity index is 1.91. The summed E-state index contributed by atoms with van der Waals surface area (Å²) in [6.07, 6.45) is 1.72. The highest BCUT2D eigenvalue weighted by atomic mass is 16.5. The van der Waals surface area contributed by atoms with Crippen molar-refractivity contribution in [2.45, 2.75) is 45.9 Å². The Hall–Kier alpha value is -3.08. The molecule has 35 heavy (non-hydrogen) atoms. The summed E-state index contributed by atoms with van der Waals surface area (Å²) in [5.74, 6) is 1.32. The lowest BCUT2D eigenvalue weighted by atomic mass is 10.1. The first-order chi connectivity index (χ1) is 16.7. The van der Waals surface area contributed by atoms with Gasteiger partial charge in [-0.05, 0) is 52.4 Å². The first-order valence-corrected chi connectivity index (χ1v) is 12.0. The van der Waals surface area contributed by atoms with Gasteiger partial charge in [0.2, 0.25) is 0 Å². The van der Waals surface area contributed by atoms with Crippen molar-refractivity contribution in [2.75, 3.05) is 45.8 Å². The van der Waals surface area contributed by atoms with Crippen molar-refractivity contribution >= 4 is 22.7 Å². The molecule has 0 amide bonds. The smallest absolute Gasteiger partial charge is 0.173 e. The molecule has 3 N–H and O–H groups in total. The van der Waals surface area contributed by atoms with Crippen LogP contribution in [0.3, 0.4) is 0 Å². The van der Waals surface area contributed by atoms with E-state index in [1.54, 1.807) is 20.2 Å².